The number of aromatic nitrogens is 1. The highest BCUT2D eigenvalue weighted by molar-refractivity contribution is 5.90. The van der Waals surface area contributed by atoms with E-state index in [2.05, 4.69) is 4.98 Å². The second kappa shape index (κ2) is 4.51. The molecular formula is C12H15NO3. The number of pyridine rings is 1. The van der Waals surface area contributed by atoms with Crippen molar-refractivity contribution in [1.29, 1.82) is 0 Å². The molecule has 1 aromatic rings. The Balaban J connectivity index is 2.22. The van der Waals surface area contributed by atoms with Gasteiger partial charge in [0.25, 0.3) is 0 Å². The van der Waals surface area contributed by atoms with Crippen LogP contribution >= 0.6 is 0 Å². The number of hydrogen-bond acceptors (Lipinski definition) is 3. The van der Waals surface area contributed by atoms with Gasteiger partial charge in [0.15, 0.2) is 0 Å². The van der Waals surface area contributed by atoms with Crippen molar-refractivity contribution in [2.24, 2.45) is 0 Å². The van der Waals surface area contributed by atoms with E-state index in [0.717, 1.165) is 31.4 Å². The zero-order chi connectivity index (χ0) is 11.5. The summed E-state index contributed by atoms with van der Waals surface area (Å²) in [6.45, 7) is 1.83. The number of ether oxygens (including phenoxy) is 1. The van der Waals surface area contributed by atoms with Gasteiger partial charge in [0.2, 0.25) is 0 Å². The van der Waals surface area contributed by atoms with Crippen molar-refractivity contribution >= 4 is 5.97 Å². The SMILES string of the molecule is Cc1cc(OC2CCCC2)c(C(=O)O)cn1. The van der Waals surface area contributed by atoms with E-state index in [1.54, 1.807) is 6.07 Å². The van der Waals surface area contributed by atoms with Crippen molar-refractivity contribution in [3.05, 3.63) is 23.5 Å². The standard InChI is InChI=1S/C12H15NO3/c1-8-6-11(10(7-13-8)12(14)15)16-9-4-2-3-5-9/h6-7,9H,2-5H2,1H3,(H,14,15). The first-order valence-electron chi connectivity index (χ1n) is 5.53. The van der Waals surface area contributed by atoms with Crippen molar-refractivity contribution in [1.82, 2.24) is 4.98 Å². The molecule has 4 nitrogen and oxygen atoms in total. The molecular weight excluding hydrogens is 206 g/mol. The summed E-state index contributed by atoms with van der Waals surface area (Å²) in [4.78, 5) is 15.0. The number of carboxylic acids is 1. The van der Waals surface area contributed by atoms with E-state index in [9.17, 15) is 4.79 Å². The van der Waals surface area contributed by atoms with Crippen LogP contribution in [0.3, 0.4) is 0 Å². The van der Waals surface area contributed by atoms with Crippen molar-refractivity contribution in [3.63, 3.8) is 0 Å². The lowest BCUT2D eigenvalue weighted by atomic mass is 10.2. The molecule has 0 spiro atoms. The van der Waals surface area contributed by atoms with Crippen LogP contribution < -0.4 is 4.74 Å². The zero-order valence-corrected chi connectivity index (χ0v) is 9.27. The van der Waals surface area contributed by atoms with E-state index in [1.165, 1.54) is 6.20 Å². The number of carboxylic acid groups (broad SMARTS) is 1. The zero-order valence-electron chi connectivity index (χ0n) is 9.27. The molecule has 0 unspecified atom stereocenters. The largest absolute Gasteiger partial charge is 0.489 e. The van der Waals surface area contributed by atoms with Crippen LogP contribution in [0, 0.1) is 6.92 Å². The average Bonchev–Trinajstić information content (AvgIpc) is 2.70. The van der Waals surface area contributed by atoms with Crippen molar-refractivity contribution in [3.8, 4) is 5.75 Å². The maximum absolute atomic E-state index is 11.0. The summed E-state index contributed by atoms with van der Waals surface area (Å²) in [5.74, 6) is -0.535. The fourth-order valence-corrected chi connectivity index (χ4v) is 1.98. The summed E-state index contributed by atoms with van der Waals surface area (Å²) in [6.07, 6.45) is 5.89. The molecule has 0 bridgehead atoms. The van der Waals surface area contributed by atoms with E-state index in [0.29, 0.717) is 5.75 Å². The van der Waals surface area contributed by atoms with Gasteiger partial charge in [-0.1, -0.05) is 0 Å². The summed E-state index contributed by atoms with van der Waals surface area (Å²) in [7, 11) is 0. The second-order valence-electron chi connectivity index (χ2n) is 4.15. The number of hydrogen-bond donors (Lipinski definition) is 1. The van der Waals surface area contributed by atoms with Crippen LogP contribution in [0.2, 0.25) is 0 Å². The molecule has 0 saturated heterocycles. The minimum atomic E-state index is -0.986. The van der Waals surface area contributed by atoms with Gasteiger partial charge in [-0.25, -0.2) is 4.79 Å². The minimum Gasteiger partial charge on any atom is -0.489 e. The maximum atomic E-state index is 11.0. The van der Waals surface area contributed by atoms with Crippen LogP contribution in [0.25, 0.3) is 0 Å². The smallest absolute Gasteiger partial charge is 0.341 e. The van der Waals surface area contributed by atoms with Crippen molar-refractivity contribution in [2.45, 2.75) is 38.7 Å². The Hall–Kier alpha value is -1.58. The molecule has 0 amide bonds. The number of carbonyl (C=O) groups is 1. The van der Waals surface area contributed by atoms with Crippen molar-refractivity contribution in [2.75, 3.05) is 0 Å². The molecule has 2 rings (SSSR count). The fraction of sp³-hybridized carbons (Fsp3) is 0.500. The van der Waals surface area contributed by atoms with E-state index in [-0.39, 0.29) is 11.7 Å². The van der Waals surface area contributed by atoms with Gasteiger partial charge >= 0.3 is 5.97 Å². The van der Waals surface area contributed by atoms with Crippen LogP contribution in [0.1, 0.15) is 41.7 Å². The predicted octanol–water partition coefficient (Wildman–Crippen LogP) is 2.41. The molecule has 1 aromatic heterocycles. The summed E-state index contributed by atoms with van der Waals surface area (Å²) in [5.41, 5.74) is 0.926. The molecule has 1 aliphatic rings. The lowest BCUT2D eigenvalue weighted by Crippen LogP contribution is -2.14. The topological polar surface area (TPSA) is 59.4 Å². The monoisotopic (exact) mass is 221 g/mol. The Labute approximate surface area is 94.3 Å². The first kappa shape index (κ1) is 10.9. The van der Waals surface area contributed by atoms with Gasteiger partial charge < -0.3 is 9.84 Å². The van der Waals surface area contributed by atoms with E-state index >= 15 is 0 Å². The Morgan fingerprint density at radius 1 is 1.50 bits per heavy atom. The van der Waals surface area contributed by atoms with Crippen LogP contribution in [0.5, 0.6) is 5.75 Å². The number of aryl methyl sites for hydroxylation is 1. The molecule has 0 aliphatic heterocycles. The Bertz CT molecular complexity index is 397. The molecule has 1 N–H and O–H groups in total. The van der Waals surface area contributed by atoms with Gasteiger partial charge in [-0.05, 0) is 32.6 Å². The van der Waals surface area contributed by atoms with Gasteiger partial charge in [0, 0.05) is 18.0 Å². The minimum absolute atomic E-state index is 0.150. The summed E-state index contributed by atoms with van der Waals surface area (Å²) in [6, 6.07) is 1.70. The predicted molar refractivity (Wildman–Crippen MR) is 58.8 cm³/mol. The van der Waals surface area contributed by atoms with Gasteiger partial charge in [-0.2, -0.15) is 0 Å². The Morgan fingerprint density at radius 3 is 2.81 bits per heavy atom. The van der Waals surface area contributed by atoms with Crippen LogP contribution in [-0.4, -0.2) is 22.2 Å². The Kier molecular flexibility index (Phi) is 3.08. The molecule has 1 aliphatic carbocycles. The molecule has 1 heterocycles. The number of nitrogens with zero attached hydrogens (tertiary/aromatic N) is 1. The third-order valence-electron chi connectivity index (χ3n) is 2.83. The summed E-state index contributed by atoms with van der Waals surface area (Å²) < 4.78 is 5.73. The normalized spacial score (nSPS) is 16.3. The highest BCUT2D eigenvalue weighted by atomic mass is 16.5. The fourth-order valence-electron chi connectivity index (χ4n) is 1.98. The van der Waals surface area contributed by atoms with Crippen LogP contribution in [0.15, 0.2) is 12.3 Å². The van der Waals surface area contributed by atoms with E-state index in [1.807, 2.05) is 6.92 Å². The second-order valence-corrected chi connectivity index (χ2v) is 4.15. The first-order valence-corrected chi connectivity index (χ1v) is 5.53. The molecule has 1 fully saturated rings. The molecule has 0 aromatic carbocycles. The van der Waals surface area contributed by atoms with Crippen LogP contribution in [0.4, 0.5) is 0 Å². The van der Waals surface area contributed by atoms with Crippen LogP contribution in [-0.2, 0) is 0 Å². The molecule has 4 heteroatoms. The summed E-state index contributed by atoms with van der Waals surface area (Å²) in [5, 5.41) is 9.01. The summed E-state index contributed by atoms with van der Waals surface area (Å²) >= 11 is 0. The van der Waals surface area contributed by atoms with E-state index in [4.69, 9.17) is 9.84 Å². The van der Waals surface area contributed by atoms with Gasteiger partial charge in [-0.3, -0.25) is 4.98 Å². The van der Waals surface area contributed by atoms with Gasteiger partial charge in [0.1, 0.15) is 11.3 Å². The molecule has 16 heavy (non-hydrogen) atoms. The third-order valence-corrected chi connectivity index (χ3v) is 2.83. The van der Waals surface area contributed by atoms with Gasteiger partial charge in [0.05, 0.1) is 6.10 Å². The molecule has 1 saturated carbocycles. The third kappa shape index (κ3) is 2.32. The highest BCUT2D eigenvalue weighted by Crippen LogP contribution is 2.26. The first-order chi connectivity index (χ1) is 7.66. The lowest BCUT2D eigenvalue weighted by molar-refractivity contribution is 0.0688. The average molecular weight is 221 g/mol. The Morgan fingerprint density at radius 2 is 2.19 bits per heavy atom. The van der Waals surface area contributed by atoms with Crippen molar-refractivity contribution < 1.29 is 14.6 Å². The molecule has 86 valence electrons. The molecule has 0 atom stereocenters. The van der Waals surface area contributed by atoms with E-state index < -0.39 is 5.97 Å². The lowest BCUT2D eigenvalue weighted by Gasteiger charge is -2.15. The highest BCUT2D eigenvalue weighted by Gasteiger charge is 2.20. The number of aromatic carboxylic acids is 1. The maximum Gasteiger partial charge on any atom is 0.341 e. The number of rotatable bonds is 3. The molecule has 0 radical (unpaired) electrons. The van der Waals surface area contributed by atoms with Gasteiger partial charge in [-0.15, -0.1) is 0 Å². The quantitative estimate of drug-likeness (QED) is 0.851.